The molecule has 2 heterocycles. The Morgan fingerprint density at radius 2 is 2.00 bits per heavy atom. The van der Waals surface area contributed by atoms with Crippen LogP contribution in [0.3, 0.4) is 0 Å². The molecule has 0 aliphatic rings. The number of aryl methyl sites for hydroxylation is 1. The highest BCUT2D eigenvalue weighted by atomic mass is 19.1. The number of rotatable bonds is 5. The van der Waals surface area contributed by atoms with E-state index in [2.05, 4.69) is 15.1 Å². The van der Waals surface area contributed by atoms with Crippen LogP contribution in [0.2, 0.25) is 0 Å². The summed E-state index contributed by atoms with van der Waals surface area (Å²) in [5.41, 5.74) is 2.94. The summed E-state index contributed by atoms with van der Waals surface area (Å²) in [6, 6.07) is 7.56. The molecule has 0 amide bonds. The fraction of sp³-hybridized carbons (Fsp3) is 0.188. The minimum atomic E-state index is -0.500. The monoisotopic (exact) mass is 328 g/mol. The SMILES string of the molecule is Cc1cccc(N(C)N)c1COc1ccn(-c2ncc(F)cn2)n1. The first-order chi connectivity index (χ1) is 11.5. The van der Waals surface area contributed by atoms with Crippen LogP contribution in [0.5, 0.6) is 5.88 Å². The third-order valence-electron chi connectivity index (χ3n) is 3.51. The molecule has 0 aliphatic carbocycles. The summed E-state index contributed by atoms with van der Waals surface area (Å²) in [7, 11) is 1.78. The molecule has 7 nitrogen and oxygen atoms in total. The Morgan fingerprint density at radius 3 is 2.71 bits per heavy atom. The van der Waals surface area contributed by atoms with E-state index in [-0.39, 0.29) is 5.95 Å². The van der Waals surface area contributed by atoms with Gasteiger partial charge in [0.1, 0.15) is 6.61 Å². The second kappa shape index (κ2) is 6.63. The smallest absolute Gasteiger partial charge is 0.250 e. The largest absolute Gasteiger partial charge is 0.472 e. The lowest BCUT2D eigenvalue weighted by Crippen LogP contribution is -2.26. The number of hydrogen-bond acceptors (Lipinski definition) is 6. The Balaban J connectivity index is 1.76. The van der Waals surface area contributed by atoms with Crippen LogP contribution in [0, 0.1) is 12.7 Å². The molecule has 3 rings (SSSR count). The van der Waals surface area contributed by atoms with Gasteiger partial charge in [-0.2, -0.15) is 0 Å². The van der Waals surface area contributed by atoms with Crippen LogP contribution in [0.1, 0.15) is 11.1 Å². The molecule has 0 fully saturated rings. The third kappa shape index (κ3) is 3.33. The zero-order chi connectivity index (χ0) is 17.1. The van der Waals surface area contributed by atoms with E-state index < -0.39 is 5.82 Å². The summed E-state index contributed by atoms with van der Waals surface area (Å²) in [6.07, 6.45) is 3.82. The maximum Gasteiger partial charge on any atom is 0.250 e. The molecule has 3 aromatic rings. The van der Waals surface area contributed by atoms with Crippen LogP contribution in [-0.2, 0) is 6.61 Å². The Bertz CT molecular complexity index is 831. The van der Waals surface area contributed by atoms with Gasteiger partial charge in [-0.1, -0.05) is 12.1 Å². The van der Waals surface area contributed by atoms with Gasteiger partial charge in [0.05, 0.1) is 18.1 Å². The summed E-state index contributed by atoms with van der Waals surface area (Å²) < 4.78 is 20.0. The van der Waals surface area contributed by atoms with E-state index in [0.29, 0.717) is 12.5 Å². The topological polar surface area (TPSA) is 82.1 Å². The summed E-state index contributed by atoms with van der Waals surface area (Å²) in [6.45, 7) is 2.32. The molecule has 0 saturated heterocycles. The first-order valence-electron chi connectivity index (χ1n) is 7.28. The highest BCUT2D eigenvalue weighted by Gasteiger charge is 2.10. The Kier molecular flexibility index (Phi) is 4.39. The summed E-state index contributed by atoms with van der Waals surface area (Å²) in [4.78, 5) is 7.73. The molecule has 0 atom stereocenters. The predicted octanol–water partition coefficient (Wildman–Crippen LogP) is 2.00. The molecule has 8 heteroatoms. The van der Waals surface area contributed by atoms with E-state index in [9.17, 15) is 4.39 Å². The molecular formula is C16H17FN6O. The molecule has 1 aromatic carbocycles. The Hall–Kier alpha value is -3.00. The first-order valence-corrected chi connectivity index (χ1v) is 7.28. The van der Waals surface area contributed by atoms with Crippen molar-refractivity contribution in [2.75, 3.05) is 12.1 Å². The van der Waals surface area contributed by atoms with Crippen molar-refractivity contribution in [1.29, 1.82) is 0 Å². The highest BCUT2D eigenvalue weighted by molar-refractivity contribution is 5.55. The van der Waals surface area contributed by atoms with Crippen molar-refractivity contribution in [1.82, 2.24) is 19.7 Å². The standard InChI is InChI=1S/C16H17FN6O/c1-11-4-3-5-14(22(2)18)13(11)10-24-15-6-7-23(21-15)16-19-8-12(17)9-20-16/h3-9H,10,18H2,1-2H3. The van der Waals surface area contributed by atoms with Gasteiger partial charge in [-0.3, -0.25) is 0 Å². The highest BCUT2D eigenvalue weighted by Crippen LogP contribution is 2.23. The number of aromatic nitrogens is 4. The Morgan fingerprint density at radius 1 is 1.25 bits per heavy atom. The molecule has 2 aromatic heterocycles. The molecule has 0 saturated carbocycles. The zero-order valence-corrected chi connectivity index (χ0v) is 13.3. The normalized spacial score (nSPS) is 10.7. The quantitative estimate of drug-likeness (QED) is 0.570. The van der Waals surface area contributed by atoms with Crippen LogP contribution in [-0.4, -0.2) is 26.8 Å². The van der Waals surface area contributed by atoms with Gasteiger partial charge < -0.3 is 9.75 Å². The van der Waals surface area contributed by atoms with Crippen molar-refractivity contribution >= 4 is 5.69 Å². The molecular weight excluding hydrogens is 311 g/mol. The van der Waals surface area contributed by atoms with Crippen molar-refractivity contribution in [3.63, 3.8) is 0 Å². The van der Waals surface area contributed by atoms with Crippen LogP contribution >= 0.6 is 0 Å². The lowest BCUT2D eigenvalue weighted by molar-refractivity contribution is 0.291. The predicted molar refractivity (Wildman–Crippen MR) is 87.2 cm³/mol. The fourth-order valence-corrected chi connectivity index (χ4v) is 2.27. The summed E-state index contributed by atoms with van der Waals surface area (Å²) in [5.74, 6) is 6.04. The molecule has 24 heavy (non-hydrogen) atoms. The Labute approximate surface area is 138 Å². The number of benzene rings is 1. The average Bonchev–Trinajstić information content (AvgIpc) is 3.03. The van der Waals surface area contributed by atoms with Crippen molar-refractivity contribution < 1.29 is 9.13 Å². The van der Waals surface area contributed by atoms with Gasteiger partial charge in [-0.15, -0.1) is 5.10 Å². The van der Waals surface area contributed by atoms with Gasteiger partial charge in [0.25, 0.3) is 5.95 Å². The number of ether oxygens (including phenoxy) is 1. The number of nitrogens with zero attached hydrogens (tertiary/aromatic N) is 5. The van der Waals surface area contributed by atoms with Gasteiger partial charge in [0.15, 0.2) is 5.82 Å². The molecule has 0 radical (unpaired) electrons. The van der Waals surface area contributed by atoms with Crippen LogP contribution in [0.25, 0.3) is 5.95 Å². The van der Waals surface area contributed by atoms with Gasteiger partial charge in [0.2, 0.25) is 5.88 Å². The maximum atomic E-state index is 12.9. The molecule has 0 unspecified atom stereocenters. The minimum Gasteiger partial charge on any atom is -0.472 e. The second-order valence-electron chi connectivity index (χ2n) is 5.27. The summed E-state index contributed by atoms with van der Waals surface area (Å²) >= 11 is 0. The zero-order valence-electron chi connectivity index (χ0n) is 13.3. The van der Waals surface area contributed by atoms with E-state index in [1.165, 1.54) is 4.68 Å². The third-order valence-corrected chi connectivity index (χ3v) is 3.51. The number of hydrogen-bond donors (Lipinski definition) is 1. The van der Waals surface area contributed by atoms with E-state index in [1.54, 1.807) is 24.3 Å². The van der Waals surface area contributed by atoms with Gasteiger partial charge in [-0.05, 0) is 18.6 Å². The molecule has 124 valence electrons. The number of hydrazine groups is 1. The molecule has 0 aliphatic heterocycles. The second-order valence-corrected chi connectivity index (χ2v) is 5.27. The van der Waals surface area contributed by atoms with Gasteiger partial charge in [-0.25, -0.2) is 24.9 Å². The number of nitrogens with two attached hydrogens (primary N) is 1. The van der Waals surface area contributed by atoms with E-state index in [0.717, 1.165) is 29.2 Å². The summed E-state index contributed by atoms with van der Waals surface area (Å²) in [5, 5.41) is 5.78. The van der Waals surface area contributed by atoms with Gasteiger partial charge >= 0.3 is 0 Å². The van der Waals surface area contributed by atoms with Crippen molar-refractivity contribution in [3.8, 4) is 11.8 Å². The molecule has 2 N–H and O–H groups in total. The van der Waals surface area contributed by atoms with E-state index >= 15 is 0 Å². The van der Waals surface area contributed by atoms with Crippen molar-refractivity contribution in [3.05, 3.63) is 59.8 Å². The van der Waals surface area contributed by atoms with Crippen molar-refractivity contribution in [2.45, 2.75) is 13.5 Å². The van der Waals surface area contributed by atoms with E-state index in [1.807, 2.05) is 25.1 Å². The minimum absolute atomic E-state index is 0.268. The first kappa shape index (κ1) is 15.9. The van der Waals surface area contributed by atoms with Crippen LogP contribution in [0.4, 0.5) is 10.1 Å². The number of anilines is 1. The maximum absolute atomic E-state index is 12.9. The fourth-order valence-electron chi connectivity index (χ4n) is 2.27. The molecule has 0 bridgehead atoms. The lowest BCUT2D eigenvalue weighted by atomic mass is 10.1. The van der Waals surface area contributed by atoms with Gasteiger partial charge in [0, 0.05) is 24.9 Å². The van der Waals surface area contributed by atoms with Crippen LogP contribution < -0.4 is 15.6 Å². The average molecular weight is 328 g/mol. The van der Waals surface area contributed by atoms with Crippen molar-refractivity contribution in [2.24, 2.45) is 5.84 Å². The molecule has 0 spiro atoms. The number of halogens is 1. The lowest BCUT2D eigenvalue weighted by Gasteiger charge is -2.18. The van der Waals surface area contributed by atoms with Crippen LogP contribution in [0.15, 0.2) is 42.9 Å². The van der Waals surface area contributed by atoms with E-state index in [4.69, 9.17) is 10.6 Å².